The predicted octanol–water partition coefficient (Wildman–Crippen LogP) is 4.61. The van der Waals surface area contributed by atoms with Crippen LogP contribution in [0.1, 0.15) is 22.6 Å². The van der Waals surface area contributed by atoms with Gasteiger partial charge in [-0.1, -0.05) is 66.2 Å². The lowest BCUT2D eigenvalue weighted by Gasteiger charge is -2.59. The molecule has 1 N–H and O–H groups in total. The summed E-state index contributed by atoms with van der Waals surface area (Å²) in [7, 11) is 1.73. The second kappa shape index (κ2) is 7.66. The largest absolute Gasteiger partial charge is 0.497 e. The van der Waals surface area contributed by atoms with Crippen molar-refractivity contribution in [1.29, 1.82) is 0 Å². The maximum Gasteiger partial charge on any atom is 0.119 e. The van der Waals surface area contributed by atoms with Crippen molar-refractivity contribution in [3.8, 4) is 16.9 Å². The quantitative estimate of drug-likeness (QED) is 0.695. The molecule has 29 heavy (non-hydrogen) atoms. The molecule has 3 heteroatoms. The van der Waals surface area contributed by atoms with Crippen LogP contribution in [0.15, 0.2) is 72.8 Å². The molecule has 0 radical (unpaired) electrons. The number of hydrogen-bond acceptors (Lipinski definition) is 3. The Balaban J connectivity index is 1.32. The fraction of sp³-hybridized carbons (Fsp3) is 0.308. The Morgan fingerprint density at radius 1 is 0.897 bits per heavy atom. The number of ether oxygens (including phenoxy) is 1. The van der Waals surface area contributed by atoms with Crippen LogP contribution in [-0.4, -0.2) is 37.2 Å². The third kappa shape index (κ3) is 3.45. The summed E-state index contributed by atoms with van der Waals surface area (Å²) in [6.45, 7) is 5.25. The van der Waals surface area contributed by atoms with Crippen molar-refractivity contribution >= 4 is 0 Å². The number of benzene rings is 3. The van der Waals surface area contributed by atoms with E-state index in [-0.39, 0.29) is 0 Å². The van der Waals surface area contributed by atoms with Gasteiger partial charge in [-0.25, -0.2) is 0 Å². The van der Waals surface area contributed by atoms with Gasteiger partial charge >= 0.3 is 0 Å². The Labute approximate surface area is 173 Å². The third-order valence-electron chi connectivity index (χ3n) is 6.57. The molecular weight excluding hydrogens is 356 g/mol. The normalized spacial score (nSPS) is 23.4. The molecule has 2 fully saturated rings. The lowest BCUT2D eigenvalue weighted by molar-refractivity contribution is -0.0483. The summed E-state index contributed by atoms with van der Waals surface area (Å²) in [5, 5.41) is 3.60. The smallest absolute Gasteiger partial charge is 0.119 e. The minimum Gasteiger partial charge on any atom is -0.497 e. The van der Waals surface area contributed by atoms with Gasteiger partial charge < -0.3 is 10.1 Å². The minimum atomic E-state index is 0.560. The molecule has 0 amide bonds. The maximum atomic E-state index is 5.40. The second-order valence-electron chi connectivity index (χ2n) is 8.33. The van der Waals surface area contributed by atoms with Crippen LogP contribution in [0.3, 0.4) is 0 Å². The summed E-state index contributed by atoms with van der Waals surface area (Å²) in [4.78, 5) is 2.66. The van der Waals surface area contributed by atoms with Gasteiger partial charge in [-0.15, -0.1) is 0 Å². The van der Waals surface area contributed by atoms with Gasteiger partial charge in [0, 0.05) is 37.6 Å². The molecule has 3 aromatic carbocycles. The molecule has 2 aliphatic heterocycles. The Morgan fingerprint density at radius 2 is 1.55 bits per heavy atom. The van der Waals surface area contributed by atoms with Crippen molar-refractivity contribution in [2.24, 2.45) is 0 Å². The summed E-state index contributed by atoms with van der Waals surface area (Å²) < 4.78 is 5.40. The fourth-order valence-corrected chi connectivity index (χ4v) is 4.99. The average Bonchev–Trinajstić information content (AvgIpc) is 2.78. The van der Waals surface area contributed by atoms with Crippen LogP contribution in [0, 0.1) is 6.92 Å². The monoisotopic (exact) mass is 384 g/mol. The summed E-state index contributed by atoms with van der Waals surface area (Å²) in [5.41, 5.74) is 6.69. The van der Waals surface area contributed by atoms with E-state index < -0.39 is 0 Å². The van der Waals surface area contributed by atoms with Gasteiger partial charge in [0.1, 0.15) is 5.75 Å². The third-order valence-corrected chi connectivity index (χ3v) is 6.57. The molecule has 2 bridgehead atoms. The zero-order valence-corrected chi connectivity index (χ0v) is 17.1. The summed E-state index contributed by atoms with van der Waals surface area (Å²) >= 11 is 0. The Bertz CT molecular complexity index is 968. The van der Waals surface area contributed by atoms with E-state index >= 15 is 0 Å². The number of nitrogens with zero attached hydrogens (tertiary/aromatic N) is 1. The van der Waals surface area contributed by atoms with Crippen LogP contribution in [-0.2, 0) is 6.54 Å². The number of fused-ring (bicyclic) bond motifs is 2. The molecule has 0 saturated carbocycles. The van der Waals surface area contributed by atoms with Crippen LogP contribution in [0.4, 0.5) is 0 Å². The second-order valence-corrected chi connectivity index (χ2v) is 8.33. The summed E-state index contributed by atoms with van der Waals surface area (Å²) in [6, 6.07) is 27.6. The first-order chi connectivity index (χ1) is 14.2. The number of nitrogens with one attached hydrogen (secondary N) is 1. The number of methoxy groups -OCH3 is 1. The number of rotatable bonds is 5. The maximum absolute atomic E-state index is 5.40. The highest BCUT2D eigenvalue weighted by atomic mass is 16.5. The summed E-state index contributed by atoms with van der Waals surface area (Å²) in [6.07, 6.45) is 0. The van der Waals surface area contributed by atoms with E-state index in [1.807, 2.05) is 6.07 Å². The van der Waals surface area contributed by atoms with E-state index in [2.05, 4.69) is 83.9 Å². The van der Waals surface area contributed by atoms with Crippen LogP contribution >= 0.6 is 0 Å². The van der Waals surface area contributed by atoms with Gasteiger partial charge in [0.15, 0.2) is 0 Å². The first kappa shape index (κ1) is 18.4. The molecule has 0 spiro atoms. The molecule has 2 saturated heterocycles. The van der Waals surface area contributed by atoms with Crippen molar-refractivity contribution in [3.05, 3.63) is 89.5 Å². The molecule has 148 valence electrons. The Kier molecular flexibility index (Phi) is 4.86. The fourth-order valence-electron chi connectivity index (χ4n) is 4.99. The lowest BCUT2D eigenvalue weighted by atomic mass is 9.72. The SMILES string of the molecule is COc1cccc(CN2[C@@H]3CNC[C@H]2C3c2ccc(-c3ccc(C)cc3)cc2)c1. The number of piperazine rings is 1. The number of aryl methyl sites for hydroxylation is 1. The molecule has 3 aromatic rings. The molecule has 3 atom stereocenters. The molecule has 0 aromatic heterocycles. The topological polar surface area (TPSA) is 24.5 Å². The number of piperidine rings is 1. The molecule has 3 nitrogen and oxygen atoms in total. The zero-order chi connectivity index (χ0) is 19.8. The van der Waals surface area contributed by atoms with E-state index in [9.17, 15) is 0 Å². The van der Waals surface area contributed by atoms with E-state index in [0.717, 1.165) is 25.4 Å². The standard InChI is InChI=1S/C26H28N2O/c1-18-6-8-20(9-7-18)21-10-12-22(13-11-21)26-24-15-27-16-25(26)28(24)17-19-4-3-5-23(14-19)29-2/h3-14,24-27H,15-17H2,1-2H3/t24-,25+,26?. The molecule has 1 unspecified atom stereocenters. The van der Waals surface area contributed by atoms with Gasteiger partial charge in [0.2, 0.25) is 0 Å². The highest BCUT2D eigenvalue weighted by Gasteiger charge is 2.50. The lowest BCUT2D eigenvalue weighted by Crippen LogP contribution is -2.72. The zero-order valence-electron chi connectivity index (χ0n) is 17.1. The van der Waals surface area contributed by atoms with Crippen molar-refractivity contribution in [2.45, 2.75) is 31.5 Å². The first-order valence-corrected chi connectivity index (χ1v) is 10.5. The van der Waals surface area contributed by atoms with E-state index in [1.54, 1.807) is 7.11 Å². The molecule has 2 aliphatic rings. The molecule has 0 aliphatic carbocycles. The van der Waals surface area contributed by atoms with Crippen molar-refractivity contribution < 1.29 is 4.74 Å². The van der Waals surface area contributed by atoms with Crippen molar-refractivity contribution in [3.63, 3.8) is 0 Å². The molecule has 5 rings (SSSR count). The average molecular weight is 385 g/mol. The van der Waals surface area contributed by atoms with Crippen LogP contribution < -0.4 is 10.1 Å². The van der Waals surface area contributed by atoms with Gasteiger partial charge in [-0.3, -0.25) is 4.90 Å². The predicted molar refractivity (Wildman–Crippen MR) is 118 cm³/mol. The van der Waals surface area contributed by atoms with Crippen LogP contribution in [0.2, 0.25) is 0 Å². The summed E-state index contributed by atoms with van der Waals surface area (Å²) in [5.74, 6) is 1.56. The van der Waals surface area contributed by atoms with E-state index in [0.29, 0.717) is 18.0 Å². The number of hydrogen-bond donors (Lipinski definition) is 1. The first-order valence-electron chi connectivity index (χ1n) is 10.5. The Hall–Kier alpha value is -2.62. The van der Waals surface area contributed by atoms with Gasteiger partial charge in [-0.05, 0) is 41.3 Å². The Morgan fingerprint density at radius 3 is 2.21 bits per heavy atom. The van der Waals surface area contributed by atoms with Gasteiger partial charge in [0.05, 0.1) is 7.11 Å². The van der Waals surface area contributed by atoms with Crippen molar-refractivity contribution in [1.82, 2.24) is 10.2 Å². The van der Waals surface area contributed by atoms with Crippen LogP contribution in [0.5, 0.6) is 5.75 Å². The highest BCUT2D eigenvalue weighted by molar-refractivity contribution is 5.64. The van der Waals surface area contributed by atoms with Gasteiger partial charge in [-0.2, -0.15) is 0 Å². The van der Waals surface area contributed by atoms with Gasteiger partial charge in [0.25, 0.3) is 0 Å². The van der Waals surface area contributed by atoms with Crippen LogP contribution in [0.25, 0.3) is 11.1 Å². The highest BCUT2D eigenvalue weighted by Crippen LogP contribution is 2.43. The molecular formula is C26H28N2O. The van der Waals surface area contributed by atoms with E-state index in [4.69, 9.17) is 4.74 Å². The minimum absolute atomic E-state index is 0.560. The molecule has 2 heterocycles. The van der Waals surface area contributed by atoms with E-state index in [1.165, 1.54) is 27.8 Å². The van der Waals surface area contributed by atoms with Crippen molar-refractivity contribution in [2.75, 3.05) is 20.2 Å².